The summed E-state index contributed by atoms with van der Waals surface area (Å²) in [4.78, 5) is 10.4. The lowest BCUT2D eigenvalue weighted by molar-refractivity contribution is -0.136. The average molecular weight is 234 g/mol. The van der Waals surface area contributed by atoms with Crippen LogP contribution >= 0.6 is 0 Å². The standard InChI is InChI=1S/C12H11FN2O2/c13-10-2-4-11(5-3-10)15-8-9(7-14-15)1-6-12(16)17/h2-5,7-8H,1,6H2,(H,16,17). The van der Waals surface area contributed by atoms with E-state index in [4.69, 9.17) is 5.11 Å². The van der Waals surface area contributed by atoms with Gasteiger partial charge in [0.15, 0.2) is 0 Å². The molecule has 0 fully saturated rings. The molecule has 0 bridgehead atoms. The highest BCUT2D eigenvalue weighted by molar-refractivity contribution is 5.67. The predicted octanol–water partition coefficient (Wildman–Crippen LogP) is 2.03. The molecule has 1 aromatic heterocycles. The molecule has 0 atom stereocenters. The topological polar surface area (TPSA) is 55.1 Å². The van der Waals surface area contributed by atoms with Crippen LogP contribution in [0.4, 0.5) is 4.39 Å². The molecule has 1 N–H and O–H groups in total. The van der Waals surface area contributed by atoms with Gasteiger partial charge >= 0.3 is 5.97 Å². The highest BCUT2D eigenvalue weighted by Gasteiger charge is 2.03. The first-order valence-electron chi connectivity index (χ1n) is 5.16. The smallest absolute Gasteiger partial charge is 0.303 e. The number of aryl methyl sites for hydroxylation is 1. The first-order chi connectivity index (χ1) is 8.15. The second kappa shape index (κ2) is 4.78. The molecule has 0 spiro atoms. The Bertz CT molecular complexity index is 520. The van der Waals surface area contributed by atoms with Gasteiger partial charge in [0.25, 0.3) is 0 Å². The molecule has 0 aliphatic rings. The summed E-state index contributed by atoms with van der Waals surface area (Å²) in [5.74, 6) is -1.13. The van der Waals surface area contributed by atoms with Gasteiger partial charge in [0.05, 0.1) is 11.9 Å². The van der Waals surface area contributed by atoms with Gasteiger partial charge in [-0.2, -0.15) is 5.10 Å². The Balaban J connectivity index is 2.12. The molecule has 4 nitrogen and oxygen atoms in total. The number of rotatable bonds is 4. The van der Waals surface area contributed by atoms with Gasteiger partial charge in [0.2, 0.25) is 0 Å². The van der Waals surface area contributed by atoms with Crippen LogP contribution in [0.2, 0.25) is 0 Å². The van der Waals surface area contributed by atoms with Crippen LogP contribution < -0.4 is 0 Å². The predicted molar refractivity (Wildman–Crippen MR) is 59.5 cm³/mol. The Labute approximate surface area is 97.3 Å². The van der Waals surface area contributed by atoms with Crippen molar-refractivity contribution in [3.63, 3.8) is 0 Å². The molecule has 5 heteroatoms. The van der Waals surface area contributed by atoms with Gasteiger partial charge in [-0.15, -0.1) is 0 Å². The van der Waals surface area contributed by atoms with Crippen molar-refractivity contribution in [2.24, 2.45) is 0 Å². The molecule has 0 saturated heterocycles. The Morgan fingerprint density at radius 1 is 1.35 bits per heavy atom. The summed E-state index contributed by atoms with van der Waals surface area (Å²) in [5.41, 5.74) is 1.59. The van der Waals surface area contributed by atoms with Crippen LogP contribution in [0, 0.1) is 5.82 Å². The van der Waals surface area contributed by atoms with Crippen LogP contribution in [0.5, 0.6) is 0 Å². The number of nitrogens with zero attached hydrogens (tertiary/aromatic N) is 2. The molecule has 0 aliphatic carbocycles. The zero-order chi connectivity index (χ0) is 12.3. The van der Waals surface area contributed by atoms with E-state index < -0.39 is 5.97 Å². The minimum Gasteiger partial charge on any atom is -0.481 e. The van der Waals surface area contributed by atoms with E-state index in [1.165, 1.54) is 12.1 Å². The van der Waals surface area contributed by atoms with Crippen molar-refractivity contribution in [3.8, 4) is 5.69 Å². The van der Waals surface area contributed by atoms with E-state index in [0.717, 1.165) is 11.3 Å². The molecular formula is C12H11FN2O2. The molecule has 1 aromatic carbocycles. The van der Waals surface area contributed by atoms with Crippen molar-refractivity contribution in [2.75, 3.05) is 0 Å². The number of carboxylic acids is 1. The largest absolute Gasteiger partial charge is 0.481 e. The van der Waals surface area contributed by atoms with E-state index in [-0.39, 0.29) is 12.2 Å². The zero-order valence-electron chi connectivity index (χ0n) is 9.01. The van der Waals surface area contributed by atoms with E-state index in [9.17, 15) is 9.18 Å². The summed E-state index contributed by atoms with van der Waals surface area (Å²) in [6.07, 6.45) is 3.88. The third-order valence-electron chi connectivity index (χ3n) is 2.35. The van der Waals surface area contributed by atoms with E-state index in [1.807, 2.05) is 0 Å². The normalized spacial score (nSPS) is 10.4. The number of hydrogen-bond acceptors (Lipinski definition) is 2. The first kappa shape index (κ1) is 11.3. The highest BCUT2D eigenvalue weighted by Crippen LogP contribution is 2.10. The maximum absolute atomic E-state index is 12.7. The van der Waals surface area contributed by atoms with Crippen molar-refractivity contribution < 1.29 is 14.3 Å². The van der Waals surface area contributed by atoms with Crippen LogP contribution in [0.15, 0.2) is 36.7 Å². The van der Waals surface area contributed by atoms with Crippen LogP contribution in [0.25, 0.3) is 5.69 Å². The minimum atomic E-state index is -0.834. The summed E-state index contributed by atoms with van der Waals surface area (Å²) in [7, 11) is 0. The van der Waals surface area contributed by atoms with Crippen molar-refractivity contribution in [2.45, 2.75) is 12.8 Å². The molecule has 0 aliphatic heterocycles. The van der Waals surface area contributed by atoms with Gasteiger partial charge in [-0.3, -0.25) is 4.79 Å². The van der Waals surface area contributed by atoms with E-state index in [2.05, 4.69) is 5.10 Å². The van der Waals surface area contributed by atoms with Crippen molar-refractivity contribution in [3.05, 3.63) is 48.0 Å². The number of benzene rings is 1. The average Bonchev–Trinajstić information content (AvgIpc) is 2.76. The van der Waals surface area contributed by atoms with Gasteiger partial charge in [0.1, 0.15) is 5.82 Å². The summed E-state index contributed by atoms with van der Waals surface area (Å²) in [6.45, 7) is 0. The maximum atomic E-state index is 12.7. The molecule has 88 valence electrons. The lowest BCUT2D eigenvalue weighted by Gasteiger charge is -1.99. The number of aliphatic carboxylic acids is 1. The Hall–Kier alpha value is -2.17. The minimum absolute atomic E-state index is 0.0785. The molecule has 0 radical (unpaired) electrons. The lowest BCUT2D eigenvalue weighted by atomic mass is 10.2. The number of carbonyl (C=O) groups is 1. The fourth-order valence-corrected chi connectivity index (χ4v) is 1.48. The molecule has 1 heterocycles. The molecule has 17 heavy (non-hydrogen) atoms. The van der Waals surface area contributed by atoms with E-state index in [1.54, 1.807) is 29.2 Å². The van der Waals surface area contributed by atoms with Gasteiger partial charge in [-0.05, 0) is 36.2 Å². The second-order valence-corrected chi connectivity index (χ2v) is 3.66. The van der Waals surface area contributed by atoms with Crippen LogP contribution in [0.1, 0.15) is 12.0 Å². The van der Waals surface area contributed by atoms with Crippen molar-refractivity contribution >= 4 is 5.97 Å². The Morgan fingerprint density at radius 2 is 2.06 bits per heavy atom. The third-order valence-corrected chi connectivity index (χ3v) is 2.35. The fraction of sp³-hybridized carbons (Fsp3) is 0.167. The van der Waals surface area contributed by atoms with Gasteiger partial charge in [-0.1, -0.05) is 0 Å². The van der Waals surface area contributed by atoms with E-state index >= 15 is 0 Å². The van der Waals surface area contributed by atoms with Crippen LogP contribution in [-0.2, 0) is 11.2 Å². The molecule has 0 amide bonds. The SMILES string of the molecule is O=C(O)CCc1cnn(-c2ccc(F)cc2)c1. The summed E-state index contributed by atoms with van der Waals surface area (Å²) >= 11 is 0. The van der Waals surface area contributed by atoms with Gasteiger partial charge < -0.3 is 5.11 Å². The van der Waals surface area contributed by atoms with Crippen LogP contribution in [-0.4, -0.2) is 20.9 Å². The Kier molecular flexibility index (Phi) is 3.18. The number of carboxylic acid groups (broad SMARTS) is 1. The highest BCUT2D eigenvalue weighted by atomic mass is 19.1. The summed E-state index contributed by atoms with van der Waals surface area (Å²) in [6, 6.07) is 5.94. The zero-order valence-corrected chi connectivity index (χ0v) is 9.01. The van der Waals surface area contributed by atoms with Crippen LogP contribution in [0.3, 0.4) is 0 Å². The maximum Gasteiger partial charge on any atom is 0.303 e. The monoisotopic (exact) mass is 234 g/mol. The quantitative estimate of drug-likeness (QED) is 0.880. The molecule has 2 rings (SSSR count). The van der Waals surface area contributed by atoms with E-state index in [0.29, 0.717) is 6.42 Å². The number of hydrogen-bond donors (Lipinski definition) is 1. The lowest BCUT2D eigenvalue weighted by Crippen LogP contribution is -1.97. The van der Waals surface area contributed by atoms with Crippen molar-refractivity contribution in [1.82, 2.24) is 9.78 Å². The van der Waals surface area contributed by atoms with Crippen molar-refractivity contribution in [1.29, 1.82) is 0 Å². The molecular weight excluding hydrogens is 223 g/mol. The third kappa shape index (κ3) is 2.90. The Morgan fingerprint density at radius 3 is 2.71 bits per heavy atom. The molecule has 0 unspecified atom stereocenters. The fourth-order valence-electron chi connectivity index (χ4n) is 1.48. The van der Waals surface area contributed by atoms with Gasteiger partial charge in [0, 0.05) is 12.6 Å². The summed E-state index contributed by atoms with van der Waals surface area (Å²) < 4.78 is 14.3. The molecule has 2 aromatic rings. The second-order valence-electron chi connectivity index (χ2n) is 3.66. The number of halogens is 1. The van der Waals surface area contributed by atoms with Gasteiger partial charge in [-0.25, -0.2) is 9.07 Å². The summed E-state index contributed by atoms with van der Waals surface area (Å²) in [5, 5.41) is 12.7. The first-order valence-corrected chi connectivity index (χ1v) is 5.16. The molecule has 0 saturated carbocycles. The number of aromatic nitrogens is 2.